The Bertz CT molecular complexity index is 453. The molecule has 2 N–H and O–H groups in total. The van der Waals surface area contributed by atoms with Crippen LogP contribution in [0.4, 0.5) is 13.2 Å². The van der Waals surface area contributed by atoms with Gasteiger partial charge in [0.1, 0.15) is 5.82 Å². The van der Waals surface area contributed by atoms with Gasteiger partial charge in [0.15, 0.2) is 5.82 Å². The first-order chi connectivity index (χ1) is 9.54. The SMILES string of the molecule is FC(F)(F)[C@@H]1CCCC[C@H]1NCc1nc(C2CC2)n[nH]1. The number of hydrogen-bond donors (Lipinski definition) is 2. The standard InChI is InChI=1S/C13H19F3N4/c14-13(15,16)9-3-1-2-4-10(9)17-7-11-18-12(20-19-11)8-5-6-8/h8-10,17H,1-7H2,(H,18,19,20)/t9-,10-/m1/s1. The highest BCUT2D eigenvalue weighted by Crippen LogP contribution is 2.38. The Labute approximate surface area is 115 Å². The van der Waals surface area contributed by atoms with E-state index in [0.29, 0.717) is 31.1 Å². The van der Waals surface area contributed by atoms with E-state index in [0.717, 1.165) is 25.1 Å². The van der Waals surface area contributed by atoms with E-state index in [4.69, 9.17) is 0 Å². The molecule has 0 spiro atoms. The highest BCUT2D eigenvalue weighted by Gasteiger charge is 2.45. The Morgan fingerprint density at radius 1 is 1.15 bits per heavy atom. The van der Waals surface area contributed by atoms with Gasteiger partial charge in [0, 0.05) is 12.0 Å². The Morgan fingerprint density at radius 3 is 2.60 bits per heavy atom. The first kappa shape index (κ1) is 13.9. The predicted molar refractivity (Wildman–Crippen MR) is 67.0 cm³/mol. The number of hydrogen-bond acceptors (Lipinski definition) is 3. The van der Waals surface area contributed by atoms with E-state index in [1.54, 1.807) is 0 Å². The summed E-state index contributed by atoms with van der Waals surface area (Å²) in [5.74, 6) is 0.663. The molecule has 112 valence electrons. The van der Waals surface area contributed by atoms with E-state index in [-0.39, 0.29) is 6.42 Å². The van der Waals surface area contributed by atoms with Crippen molar-refractivity contribution in [2.75, 3.05) is 0 Å². The summed E-state index contributed by atoms with van der Waals surface area (Å²) in [6.45, 7) is 0.330. The lowest BCUT2D eigenvalue weighted by molar-refractivity contribution is -0.189. The van der Waals surface area contributed by atoms with Gasteiger partial charge in [-0.1, -0.05) is 12.8 Å². The largest absolute Gasteiger partial charge is 0.393 e. The van der Waals surface area contributed by atoms with Gasteiger partial charge in [0.25, 0.3) is 0 Å². The minimum absolute atomic E-state index is 0.227. The van der Waals surface area contributed by atoms with E-state index in [2.05, 4.69) is 20.5 Å². The number of aromatic amines is 1. The summed E-state index contributed by atoms with van der Waals surface area (Å²) in [4.78, 5) is 4.33. The lowest BCUT2D eigenvalue weighted by Gasteiger charge is -2.33. The molecular weight excluding hydrogens is 269 g/mol. The van der Waals surface area contributed by atoms with Crippen LogP contribution in [-0.2, 0) is 6.54 Å². The zero-order valence-electron chi connectivity index (χ0n) is 11.2. The lowest BCUT2D eigenvalue weighted by Crippen LogP contribution is -2.45. The Hall–Kier alpha value is -1.11. The summed E-state index contributed by atoms with van der Waals surface area (Å²) in [6, 6.07) is -0.502. The molecule has 0 aromatic carbocycles. The van der Waals surface area contributed by atoms with Crippen LogP contribution in [0.25, 0.3) is 0 Å². The Morgan fingerprint density at radius 2 is 1.90 bits per heavy atom. The molecule has 0 bridgehead atoms. The number of nitrogens with zero attached hydrogens (tertiary/aromatic N) is 2. The quantitative estimate of drug-likeness (QED) is 0.895. The maximum Gasteiger partial charge on any atom is 0.393 e. The summed E-state index contributed by atoms with van der Waals surface area (Å²) in [5.41, 5.74) is 0. The van der Waals surface area contributed by atoms with Gasteiger partial charge in [-0.25, -0.2) is 4.98 Å². The van der Waals surface area contributed by atoms with Crippen molar-refractivity contribution in [3.63, 3.8) is 0 Å². The van der Waals surface area contributed by atoms with Gasteiger partial charge >= 0.3 is 6.18 Å². The highest BCUT2D eigenvalue weighted by molar-refractivity contribution is 5.05. The highest BCUT2D eigenvalue weighted by atomic mass is 19.4. The number of halogens is 3. The average Bonchev–Trinajstić information content (AvgIpc) is 3.15. The van der Waals surface area contributed by atoms with Crippen LogP contribution in [0.15, 0.2) is 0 Å². The minimum Gasteiger partial charge on any atom is -0.306 e. The fourth-order valence-electron chi connectivity index (χ4n) is 2.91. The molecule has 0 aliphatic heterocycles. The number of alkyl halides is 3. The first-order valence-corrected chi connectivity index (χ1v) is 7.25. The summed E-state index contributed by atoms with van der Waals surface area (Å²) < 4.78 is 38.9. The van der Waals surface area contributed by atoms with E-state index in [1.165, 1.54) is 0 Å². The number of rotatable bonds is 4. The van der Waals surface area contributed by atoms with Gasteiger partial charge in [-0.2, -0.15) is 18.3 Å². The van der Waals surface area contributed by atoms with Gasteiger partial charge in [0.05, 0.1) is 12.5 Å². The second-order valence-corrected chi connectivity index (χ2v) is 5.83. The third kappa shape index (κ3) is 3.13. The molecule has 1 aromatic rings. The molecule has 0 unspecified atom stereocenters. The molecule has 2 saturated carbocycles. The summed E-state index contributed by atoms with van der Waals surface area (Å²) in [6.07, 6.45) is 0.439. The molecule has 7 heteroatoms. The molecule has 2 aliphatic rings. The van der Waals surface area contributed by atoms with Crippen molar-refractivity contribution >= 4 is 0 Å². The van der Waals surface area contributed by atoms with Crippen molar-refractivity contribution in [3.05, 3.63) is 11.6 Å². The van der Waals surface area contributed by atoms with Crippen LogP contribution in [-0.4, -0.2) is 27.4 Å². The van der Waals surface area contributed by atoms with E-state index >= 15 is 0 Å². The monoisotopic (exact) mass is 288 g/mol. The molecule has 4 nitrogen and oxygen atoms in total. The van der Waals surface area contributed by atoms with Crippen LogP contribution in [0.3, 0.4) is 0 Å². The summed E-state index contributed by atoms with van der Waals surface area (Å²) in [7, 11) is 0. The van der Waals surface area contributed by atoms with Crippen LogP contribution in [0.5, 0.6) is 0 Å². The number of aromatic nitrogens is 3. The number of H-pyrrole nitrogens is 1. The van der Waals surface area contributed by atoms with Crippen molar-refractivity contribution in [2.24, 2.45) is 5.92 Å². The molecule has 1 heterocycles. The van der Waals surface area contributed by atoms with Crippen LogP contribution < -0.4 is 5.32 Å². The van der Waals surface area contributed by atoms with Crippen molar-refractivity contribution < 1.29 is 13.2 Å². The molecule has 0 radical (unpaired) electrons. The number of nitrogens with one attached hydrogen (secondary N) is 2. The van der Waals surface area contributed by atoms with E-state index < -0.39 is 18.1 Å². The van der Waals surface area contributed by atoms with Gasteiger partial charge < -0.3 is 5.32 Å². The van der Waals surface area contributed by atoms with Crippen LogP contribution in [0.1, 0.15) is 56.1 Å². The summed E-state index contributed by atoms with van der Waals surface area (Å²) in [5, 5.41) is 9.94. The van der Waals surface area contributed by atoms with Gasteiger partial charge in [-0.15, -0.1) is 0 Å². The van der Waals surface area contributed by atoms with Crippen LogP contribution in [0, 0.1) is 5.92 Å². The second-order valence-electron chi connectivity index (χ2n) is 5.83. The molecule has 2 atom stereocenters. The molecule has 3 rings (SSSR count). The van der Waals surface area contributed by atoms with Crippen LogP contribution >= 0.6 is 0 Å². The summed E-state index contributed by atoms with van der Waals surface area (Å²) >= 11 is 0. The molecule has 1 aromatic heterocycles. The zero-order chi connectivity index (χ0) is 14.2. The normalized spacial score (nSPS) is 27.8. The maximum atomic E-state index is 13.0. The Balaban J connectivity index is 1.57. The van der Waals surface area contributed by atoms with Crippen molar-refractivity contribution in [1.82, 2.24) is 20.5 Å². The van der Waals surface area contributed by atoms with Crippen LogP contribution in [0.2, 0.25) is 0 Å². The van der Waals surface area contributed by atoms with Crippen molar-refractivity contribution in [2.45, 2.75) is 63.2 Å². The van der Waals surface area contributed by atoms with Gasteiger partial charge in [-0.05, 0) is 25.7 Å². The van der Waals surface area contributed by atoms with Gasteiger partial charge in [0.2, 0.25) is 0 Å². The van der Waals surface area contributed by atoms with Crippen molar-refractivity contribution in [1.29, 1.82) is 0 Å². The fraction of sp³-hybridized carbons (Fsp3) is 0.846. The van der Waals surface area contributed by atoms with Gasteiger partial charge in [-0.3, -0.25) is 5.10 Å². The lowest BCUT2D eigenvalue weighted by atomic mass is 9.84. The van der Waals surface area contributed by atoms with E-state index in [1.807, 2.05) is 0 Å². The molecule has 0 amide bonds. The first-order valence-electron chi connectivity index (χ1n) is 7.25. The maximum absolute atomic E-state index is 13.0. The molecular formula is C13H19F3N4. The smallest absolute Gasteiger partial charge is 0.306 e. The second kappa shape index (κ2) is 5.35. The third-order valence-corrected chi connectivity index (χ3v) is 4.21. The fourth-order valence-corrected chi connectivity index (χ4v) is 2.91. The third-order valence-electron chi connectivity index (χ3n) is 4.21. The minimum atomic E-state index is -4.11. The Kier molecular flexibility index (Phi) is 3.70. The van der Waals surface area contributed by atoms with E-state index in [9.17, 15) is 13.2 Å². The molecule has 2 fully saturated rings. The topological polar surface area (TPSA) is 53.6 Å². The predicted octanol–water partition coefficient (Wildman–Crippen LogP) is 2.89. The zero-order valence-corrected chi connectivity index (χ0v) is 11.2. The molecule has 2 aliphatic carbocycles. The average molecular weight is 288 g/mol. The molecule has 20 heavy (non-hydrogen) atoms. The molecule has 0 saturated heterocycles. The van der Waals surface area contributed by atoms with Crippen molar-refractivity contribution in [3.8, 4) is 0 Å².